The molecule has 0 bridgehead atoms. The highest BCUT2D eigenvalue weighted by molar-refractivity contribution is 7.99. The first-order valence-corrected chi connectivity index (χ1v) is 10.1. The Morgan fingerprint density at radius 3 is 2.50 bits per heavy atom. The molecule has 0 fully saturated rings. The van der Waals surface area contributed by atoms with Gasteiger partial charge in [-0.05, 0) is 36.4 Å². The van der Waals surface area contributed by atoms with Gasteiger partial charge < -0.3 is 0 Å². The maximum Gasteiger partial charge on any atom is 0.261 e. The van der Waals surface area contributed by atoms with Crippen LogP contribution in [-0.4, -0.2) is 44.2 Å². The molecule has 0 saturated heterocycles. The van der Waals surface area contributed by atoms with E-state index < -0.39 is 0 Å². The number of aromatic nitrogens is 3. The molecule has 3 aromatic rings. The number of carbonyl (C=O) groups is 2. The van der Waals surface area contributed by atoms with Crippen LogP contribution in [0, 0.1) is 0 Å². The van der Waals surface area contributed by atoms with Gasteiger partial charge >= 0.3 is 0 Å². The topological polar surface area (TPSA) is 79.0 Å². The molecule has 0 spiro atoms. The van der Waals surface area contributed by atoms with E-state index >= 15 is 0 Å². The Balaban J connectivity index is 1.24. The summed E-state index contributed by atoms with van der Waals surface area (Å²) < 4.78 is 0. The third-order valence-corrected chi connectivity index (χ3v) is 5.92. The van der Waals surface area contributed by atoms with Gasteiger partial charge in [-0.1, -0.05) is 30.0 Å². The summed E-state index contributed by atoms with van der Waals surface area (Å²) >= 11 is 3.19. The summed E-state index contributed by atoms with van der Waals surface area (Å²) in [7, 11) is 0. The van der Waals surface area contributed by atoms with Crippen molar-refractivity contribution in [2.75, 3.05) is 12.3 Å². The number of H-pyrrole nitrogens is 1. The van der Waals surface area contributed by atoms with Gasteiger partial charge in [-0.2, -0.15) is 0 Å². The first-order chi connectivity index (χ1) is 12.7. The number of amides is 2. The molecule has 4 rings (SSSR count). The predicted molar refractivity (Wildman–Crippen MR) is 101 cm³/mol. The minimum absolute atomic E-state index is 0.187. The number of imide groups is 1. The fraction of sp³-hybridized carbons (Fsp3) is 0.222. The van der Waals surface area contributed by atoms with E-state index in [0.717, 1.165) is 29.3 Å². The monoisotopic (exact) mass is 384 g/mol. The van der Waals surface area contributed by atoms with Gasteiger partial charge in [-0.3, -0.25) is 19.6 Å². The van der Waals surface area contributed by atoms with Crippen molar-refractivity contribution in [2.24, 2.45) is 0 Å². The molecule has 8 heteroatoms. The van der Waals surface area contributed by atoms with Gasteiger partial charge in [-0.25, -0.2) is 4.98 Å². The molecule has 0 atom stereocenters. The molecule has 1 aromatic carbocycles. The zero-order valence-electron chi connectivity index (χ0n) is 13.8. The molecule has 26 heavy (non-hydrogen) atoms. The summed E-state index contributed by atoms with van der Waals surface area (Å²) in [4.78, 5) is 31.4. The molecule has 2 aromatic heterocycles. The molecule has 1 aliphatic rings. The Labute approximate surface area is 158 Å². The van der Waals surface area contributed by atoms with Crippen molar-refractivity contribution >= 4 is 34.9 Å². The van der Waals surface area contributed by atoms with E-state index in [0.29, 0.717) is 22.8 Å². The summed E-state index contributed by atoms with van der Waals surface area (Å²) in [5.41, 5.74) is 1.02. The van der Waals surface area contributed by atoms with Gasteiger partial charge in [0.25, 0.3) is 11.8 Å². The van der Waals surface area contributed by atoms with E-state index in [2.05, 4.69) is 15.2 Å². The fourth-order valence-electron chi connectivity index (χ4n) is 2.81. The lowest BCUT2D eigenvalue weighted by Gasteiger charge is -2.13. The normalized spacial score (nSPS) is 13.5. The minimum atomic E-state index is -0.187. The van der Waals surface area contributed by atoms with Crippen LogP contribution >= 0.6 is 23.1 Å². The molecular weight excluding hydrogens is 368 g/mol. The van der Waals surface area contributed by atoms with Crippen LogP contribution in [0.25, 0.3) is 10.7 Å². The number of fused-ring (bicyclic) bond motifs is 1. The number of thioether (sulfide) groups is 1. The van der Waals surface area contributed by atoms with Gasteiger partial charge in [0.1, 0.15) is 0 Å². The van der Waals surface area contributed by atoms with Crippen LogP contribution in [0.15, 0.2) is 46.9 Å². The van der Waals surface area contributed by atoms with Crippen LogP contribution < -0.4 is 0 Å². The van der Waals surface area contributed by atoms with Crippen LogP contribution in [-0.2, 0) is 0 Å². The number of nitrogens with zero attached hydrogens (tertiary/aromatic N) is 3. The highest BCUT2D eigenvalue weighted by atomic mass is 32.2. The summed E-state index contributed by atoms with van der Waals surface area (Å²) in [5, 5.41) is 9.88. The number of hydrogen-bond donors (Lipinski definition) is 1. The van der Waals surface area contributed by atoms with E-state index in [4.69, 9.17) is 0 Å². The molecule has 2 amide bonds. The number of aromatic amines is 1. The summed E-state index contributed by atoms with van der Waals surface area (Å²) in [6, 6.07) is 11.0. The maximum atomic E-state index is 12.3. The van der Waals surface area contributed by atoms with Crippen LogP contribution in [0.3, 0.4) is 0 Å². The van der Waals surface area contributed by atoms with Gasteiger partial charge in [0, 0.05) is 12.3 Å². The lowest BCUT2D eigenvalue weighted by molar-refractivity contribution is 0.0652. The molecule has 132 valence electrons. The predicted octanol–water partition coefficient (Wildman–Crippen LogP) is 3.70. The van der Waals surface area contributed by atoms with Crippen molar-refractivity contribution in [1.82, 2.24) is 20.1 Å². The third-order valence-electron chi connectivity index (χ3n) is 4.10. The molecule has 0 radical (unpaired) electrons. The van der Waals surface area contributed by atoms with Crippen LogP contribution in [0.1, 0.15) is 33.6 Å². The Bertz CT molecular complexity index is 901. The second kappa shape index (κ2) is 7.43. The first-order valence-electron chi connectivity index (χ1n) is 8.28. The average Bonchev–Trinajstić information content (AvgIpc) is 3.38. The molecule has 0 saturated carbocycles. The molecule has 6 nitrogen and oxygen atoms in total. The number of rotatable bonds is 7. The number of carbonyl (C=O) groups excluding carboxylic acids is 2. The fourth-order valence-corrected chi connectivity index (χ4v) is 4.27. The number of nitrogens with one attached hydrogen (secondary N) is 1. The van der Waals surface area contributed by atoms with Gasteiger partial charge in [0.15, 0.2) is 5.82 Å². The molecule has 3 heterocycles. The zero-order chi connectivity index (χ0) is 17.9. The highest BCUT2D eigenvalue weighted by Crippen LogP contribution is 2.25. The van der Waals surface area contributed by atoms with E-state index in [9.17, 15) is 9.59 Å². The van der Waals surface area contributed by atoms with Crippen molar-refractivity contribution in [2.45, 2.75) is 18.0 Å². The van der Waals surface area contributed by atoms with Crippen LogP contribution in [0.2, 0.25) is 0 Å². The second-order valence-electron chi connectivity index (χ2n) is 5.81. The number of thiophene rings is 1. The molecule has 0 unspecified atom stereocenters. The van der Waals surface area contributed by atoms with Gasteiger partial charge in [0.05, 0.1) is 16.0 Å². The highest BCUT2D eigenvalue weighted by Gasteiger charge is 2.34. The van der Waals surface area contributed by atoms with E-state index in [1.165, 1.54) is 4.90 Å². The Kier molecular flexibility index (Phi) is 4.85. The van der Waals surface area contributed by atoms with Crippen molar-refractivity contribution < 1.29 is 9.59 Å². The van der Waals surface area contributed by atoms with Crippen molar-refractivity contribution in [1.29, 1.82) is 0 Å². The summed E-state index contributed by atoms with van der Waals surface area (Å²) in [6.07, 6.45) is 1.64. The van der Waals surface area contributed by atoms with Gasteiger partial charge in [-0.15, -0.1) is 16.4 Å². The third kappa shape index (κ3) is 3.30. The number of benzene rings is 1. The van der Waals surface area contributed by atoms with E-state index in [1.54, 1.807) is 47.4 Å². The van der Waals surface area contributed by atoms with E-state index in [1.807, 2.05) is 17.5 Å². The Hall–Kier alpha value is -2.45. The minimum Gasteiger partial charge on any atom is -0.274 e. The summed E-state index contributed by atoms with van der Waals surface area (Å²) in [5.74, 6) is 1.25. The standard InChI is InChI=1S/C18H16N4O2S2/c23-16-12-6-1-2-7-13(12)17(24)22(16)9-3-4-10-26-18-19-15(20-21-18)14-8-5-11-25-14/h1-2,5-8,11H,3-4,9-10H2,(H,19,20,21). The molecule has 0 aliphatic carbocycles. The van der Waals surface area contributed by atoms with Crippen molar-refractivity contribution in [3.8, 4) is 10.7 Å². The maximum absolute atomic E-state index is 12.3. The molecular formula is C18H16N4O2S2. The molecule has 1 N–H and O–H groups in total. The summed E-state index contributed by atoms with van der Waals surface area (Å²) in [6.45, 7) is 0.446. The average molecular weight is 384 g/mol. The lowest BCUT2D eigenvalue weighted by atomic mass is 10.1. The van der Waals surface area contributed by atoms with Crippen molar-refractivity contribution in [3.63, 3.8) is 0 Å². The Morgan fingerprint density at radius 1 is 1.04 bits per heavy atom. The number of unbranched alkanes of at least 4 members (excludes halogenated alkanes) is 1. The quantitative estimate of drug-likeness (QED) is 0.382. The van der Waals surface area contributed by atoms with Crippen LogP contribution in [0.5, 0.6) is 0 Å². The van der Waals surface area contributed by atoms with Crippen molar-refractivity contribution in [3.05, 3.63) is 52.9 Å². The van der Waals surface area contributed by atoms with E-state index in [-0.39, 0.29) is 11.8 Å². The van der Waals surface area contributed by atoms with Gasteiger partial charge in [0.2, 0.25) is 5.16 Å². The first kappa shape index (κ1) is 17.0. The Morgan fingerprint density at radius 2 is 1.81 bits per heavy atom. The second-order valence-corrected chi connectivity index (χ2v) is 7.82. The SMILES string of the molecule is O=C1c2ccccc2C(=O)N1CCCCSc1n[nH]c(-c2cccs2)n1. The number of hydrogen-bond acceptors (Lipinski definition) is 6. The lowest BCUT2D eigenvalue weighted by Crippen LogP contribution is -2.30. The molecule has 1 aliphatic heterocycles. The van der Waals surface area contributed by atoms with Crippen LogP contribution in [0.4, 0.5) is 0 Å². The smallest absolute Gasteiger partial charge is 0.261 e. The zero-order valence-corrected chi connectivity index (χ0v) is 15.5. The largest absolute Gasteiger partial charge is 0.274 e.